The van der Waals surface area contributed by atoms with Crippen LogP contribution in [0, 0.1) is 0 Å². The van der Waals surface area contributed by atoms with Crippen molar-refractivity contribution in [3.8, 4) is 10.8 Å². The van der Waals surface area contributed by atoms with Gasteiger partial charge in [0.2, 0.25) is 5.89 Å². The molecule has 0 radical (unpaired) electrons. The van der Waals surface area contributed by atoms with Gasteiger partial charge in [-0.2, -0.15) is 0 Å². The molecule has 0 aliphatic carbocycles. The number of thiophene rings is 1. The maximum atomic E-state index is 11.8. The zero-order chi connectivity index (χ0) is 13.8. The summed E-state index contributed by atoms with van der Waals surface area (Å²) in [6.45, 7) is 0.282. The minimum atomic E-state index is -0.293. The quantitative estimate of drug-likeness (QED) is 0.794. The number of carbonyl (C=O) groups excluding carboxylic acids is 1. The zero-order valence-electron chi connectivity index (χ0n) is 10.3. The summed E-state index contributed by atoms with van der Waals surface area (Å²) in [6.07, 6.45) is 5.93. The number of carbonyl (C=O) groups is 1. The van der Waals surface area contributed by atoms with Crippen molar-refractivity contribution in [2.75, 3.05) is 0 Å². The topological polar surface area (TPSA) is 80.9 Å². The summed E-state index contributed by atoms with van der Waals surface area (Å²) >= 11 is 1.55. The molecule has 3 aromatic heterocycles. The maximum Gasteiger partial charge on any atom is 0.271 e. The summed E-state index contributed by atoms with van der Waals surface area (Å²) in [5.74, 6) is 0.266. The highest BCUT2D eigenvalue weighted by molar-refractivity contribution is 7.13. The molecule has 100 valence electrons. The lowest BCUT2D eigenvalue weighted by Crippen LogP contribution is -2.24. The Balaban J connectivity index is 1.63. The first-order valence-corrected chi connectivity index (χ1v) is 6.73. The van der Waals surface area contributed by atoms with Gasteiger partial charge in [-0.25, -0.2) is 9.97 Å². The van der Waals surface area contributed by atoms with Crippen LogP contribution in [-0.4, -0.2) is 20.9 Å². The van der Waals surface area contributed by atoms with Gasteiger partial charge in [0, 0.05) is 12.4 Å². The Morgan fingerprint density at radius 1 is 1.40 bits per heavy atom. The van der Waals surface area contributed by atoms with Crippen LogP contribution in [-0.2, 0) is 6.54 Å². The number of nitrogens with one attached hydrogen (secondary N) is 1. The van der Waals surface area contributed by atoms with Gasteiger partial charge in [0.25, 0.3) is 5.91 Å². The SMILES string of the molecule is O=C(NCc1coc(-c2cccs2)n1)c1cnccn1. The largest absolute Gasteiger partial charge is 0.443 e. The molecule has 3 aromatic rings. The van der Waals surface area contributed by atoms with Gasteiger partial charge in [0.05, 0.1) is 23.3 Å². The van der Waals surface area contributed by atoms with Gasteiger partial charge in [-0.1, -0.05) is 6.07 Å². The van der Waals surface area contributed by atoms with E-state index in [0.717, 1.165) is 4.88 Å². The fourth-order valence-electron chi connectivity index (χ4n) is 1.58. The molecule has 0 fully saturated rings. The number of aromatic nitrogens is 3. The van der Waals surface area contributed by atoms with Gasteiger partial charge in [-0.05, 0) is 11.4 Å². The third kappa shape index (κ3) is 2.72. The molecule has 0 atom stereocenters. The first kappa shape index (κ1) is 12.5. The second-order valence-corrected chi connectivity index (χ2v) is 4.84. The molecule has 6 nitrogen and oxygen atoms in total. The molecule has 1 amide bonds. The van der Waals surface area contributed by atoms with Gasteiger partial charge in [-0.15, -0.1) is 11.3 Å². The summed E-state index contributed by atoms with van der Waals surface area (Å²) in [5, 5.41) is 4.67. The van der Waals surface area contributed by atoms with Gasteiger partial charge < -0.3 is 9.73 Å². The Kier molecular flexibility index (Phi) is 3.51. The van der Waals surface area contributed by atoms with E-state index in [4.69, 9.17) is 4.42 Å². The third-order valence-electron chi connectivity index (χ3n) is 2.51. The van der Waals surface area contributed by atoms with Gasteiger partial charge in [-0.3, -0.25) is 9.78 Å². The summed E-state index contributed by atoms with van der Waals surface area (Å²) in [4.78, 5) is 24.8. The van der Waals surface area contributed by atoms with Crippen LogP contribution in [0.15, 0.2) is 46.8 Å². The van der Waals surface area contributed by atoms with Crippen molar-refractivity contribution in [1.29, 1.82) is 0 Å². The highest BCUT2D eigenvalue weighted by Gasteiger charge is 2.10. The van der Waals surface area contributed by atoms with Crippen LogP contribution in [0.4, 0.5) is 0 Å². The summed E-state index contributed by atoms with van der Waals surface area (Å²) in [5.41, 5.74) is 0.931. The predicted octanol–water partition coefficient (Wildman–Crippen LogP) is 2.12. The summed E-state index contributed by atoms with van der Waals surface area (Å²) in [6, 6.07) is 3.86. The molecule has 3 heterocycles. The van der Waals surface area contributed by atoms with Crippen LogP contribution in [0.5, 0.6) is 0 Å². The molecule has 0 aliphatic rings. The number of nitrogens with zero attached hydrogens (tertiary/aromatic N) is 3. The van der Waals surface area contributed by atoms with Crippen LogP contribution in [0.25, 0.3) is 10.8 Å². The van der Waals surface area contributed by atoms with E-state index in [9.17, 15) is 4.79 Å². The summed E-state index contributed by atoms with van der Waals surface area (Å²) in [7, 11) is 0. The van der Waals surface area contributed by atoms with E-state index < -0.39 is 0 Å². The first-order valence-electron chi connectivity index (χ1n) is 5.85. The Morgan fingerprint density at radius 3 is 3.10 bits per heavy atom. The number of hydrogen-bond acceptors (Lipinski definition) is 6. The molecule has 0 aliphatic heterocycles. The molecule has 0 saturated heterocycles. The van der Waals surface area contributed by atoms with E-state index >= 15 is 0 Å². The van der Waals surface area contributed by atoms with E-state index in [-0.39, 0.29) is 18.1 Å². The Hall–Kier alpha value is -2.54. The third-order valence-corrected chi connectivity index (χ3v) is 3.37. The van der Waals surface area contributed by atoms with Crippen molar-refractivity contribution in [3.05, 3.63) is 53.8 Å². The minimum absolute atomic E-state index is 0.273. The van der Waals surface area contributed by atoms with Gasteiger partial charge in [0.1, 0.15) is 12.0 Å². The van der Waals surface area contributed by atoms with Crippen molar-refractivity contribution < 1.29 is 9.21 Å². The van der Waals surface area contributed by atoms with E-state index in [0.29, 0.717) is 11.6 Å². The lowest BCUT2D eigenvalue weighted by molar-refractivity contribution is 0.0945. The Labute approximate surface area is 118 Å². The van der Waals surface area contributed by atoms with Crippen LogP contribution in [0.1, 0.15) is 16.2 Å². The van der Waals surface area contributed by atoms with Crippen molar-refractivity contribution in [2.24, 2.45) is 0 Å². The van der Waals surface area contributed by atoms with E-state index in [1.54, 1.807) is 11.3 Å². The first-order chi connectivity index (χ1) is 9.83. The minimum Gasteiger partial charge on any atom is -0.443 e. The van der Waals surface area contributed by atoms with Gasteiger partial charge >= 0.3 is 0 Å². The monoisotopic (exact) mass is 286 g/mol. The number of rotatable bonds is 4. The molecule has 3 rings (SSSR count). The molecule has 1 N–H and O–H groups in total. The Bertz CT molecular complexity index is 694. The van der Waals surface area contributed by atoms with Crippen molar-refractivity contribution >= 4 is 17.2 Å². The highest BCUT2D eigenvalue weighted by Crippen LogP contribution is 2.23. The summed E-state index contributed by atoms with van der Waals surface area (Å²) < 4.78 is 5.37. The van der Waals surface area contributed by atoms with Crippen molar-refractivity contribution in [2.45, 2.75) is 6.54 Å². The number of amides is 1. The molecule has 0 spiro atoms. The fraction of sp³-hybridized carbons (Fsp3) is 0.0769. The van der Waals surface area contributed by atoms with Gasteiger partial charge in [0.15, 0.2) is 0 Å². The van der Waals surface area contributed by atoms with Crippen LogP contribution in [0.2, 0.25) is 0 Å². The molecule has 7 heteroatoms. The van der Waals surface area contributed by atoms with E-state index in [2.05, 4.69) is 20.3 Å². The normalized spacial score (nSPS) is 10.4. The Morgan fingerprint density at radius 2 is 2.35 bits per heavy atom. The molecule has 0 aromatic carbocycles. The second-order valence-electron chi connectivity index (χ2n) is 3.89. The highest BCUT2D eigenvalue weighted by atomic mass is 32.1. The van der Waals surface area contributed by atoms with Crippen LogP contribution < -0.4 is 5.32 Å². The predicted molar refractivity (Wildman–Crippen MR) is 73.0 cm³/mol. The number of hydrogen-bond donors (Lipinski definition) is 1. The molecular formula is C13H10N4O2S. The lowest BCUT2D eigenvalue weighted by Gasteiger charge is -2.00. The molecule has 20 heavy (non-hydrogen) atoms. The lowest BCUT2D eigenvalue weighted by atomic mass is 10.4. The zero-order valence-corrected chi connectivity index (χ0v) is 11.1. The number of oxazole rings is 1. The van der Waals surface area contributed by atoms with Crippen LogP contribution in [0.3, 0.4) is 0 Å². The van der Waals surface area contributed by atoms with Crippen molar-refractivity contribution in [1.82, 2.24) is 20.3 Å². The fourth-order valence-corrected chi connectivity index (χ4v) is 2.23. The average molecular weight is 286 g/mol. The molecule has 0 saturated carbocycles. The standard InChI is InChI=1S/C13H10N4O2S/c18-12(10-7-14-3-4-15-10)16-6-9-8-19-13(17-9)11-2-1-5-20-11/h1-5,7-8H,6H2,(H,16,18). The molecular weight excluding hydrogens is 276 g/mol. The molecule has 0 unspecified atom stereocenters. The maximum absolute atomic E-state index is 11.8. The van der Waals surface area contributed by atoms with E-state index in [1.165, 1.54) is 24.9 Å². The molecule has 0 bridgehead atoms. The van der Waals surface area contributed by atoms with Crippen LogP contribution >= 0.6 is 11.3 Å². The average Bonchev–Trinajstić information content (AvgIpc) is 3.16. The second kappa shape index (κ2) is 5.62. The van der Waals surface area contributed by atoms with E-state index in [1.807, 2.05) is 17.5 Å². The smallest absolute Gasteiger partial charge is 0.271 e. The van der Waals surface area contributed by atoms with Crippen molar-refractivity contribution in [3.63, 3.8) is 0 Å².